The number of nitrogens with zero attached hydrogens (tertiary/aromatic N) is 4. The van der Waals surface area contributed by atoms with Crippen molar-refractivity contribution < 1.29 is 41.8 Å². The third-order valence-electron chi connectivity index (χ3n) is 8.62. The van der Waals surface area contributed by atoms with E-state index in [1.165, 1.54) is 19.1 Å². The molecule has 0 bridgehead atoms. The van der Waals surface area contributed by atoms with Crippen LogP contribution in [0.25, 0.3) is 5.69 Å². The molecule has 1 atom stereocenters. The van der Waals surface area contributed by atoms with Crippen LogP contribution >= 0.6 is 0 Å². The summed E-state index contributed by atoms with van der Waals surface area (Å²) >= 11 is 0. The number of primary amides is 1. The van der Waals surface area contributed by atoms with Crippen LogP contribution in [0.5, 0.6) is 0 Å². The van der Waals surface area contributed by atoms with Gasteiger partial charge in [0, 0.05) is 32.5 Å². The van der Waals surface area contributed by atoms with E-state index >= 15 is 0 Å². The number of fused-ring (bicyclic) bond motifs is 1. The van der Waals surface area contributed by atoms with Crippen molar-refractivity contribution >= 4 is 29.3 Å². The summed E-state index contributed by atoms with van der Waals surface area (Å²) in [4.78, 5) is 53.5. The van der Waals surface area contributed by atoms with Crippen LogP contribution in [0.1, 0.15) is 91.4 Å². The molecule has 2 aliphatic carbocycles. The van der Waals surface area contributed by atoms with Crippen molar-refractivity contribution in [3.05, 3.63) is 53.4 Å². The fraction of sp³-hybridized carbons (Fsp3) is 0.559. The molecule has 0 radical (unpaired) electrons. The number of anilines is 1. The molecular weight excluding hydrogens is 631 g/mol. The molecular formula is C34H44F3N5O6. The molecule has 2 aromatic rings. The van der Waals surface area contributed by atoms with E-state index in [9.17, 15) is 32.3 Å². The molecule has 1 saturated carbocycles. The third kappa shape index (κ3) is 8.63. The molecule has 1 unspecified atom stereocenters. The smallest absolute Gasteiger partial charge is 0.435 e. The molecule has 1 heterocycles. The molecule has 2 aliphatic rings. The average molecular weight is 676 g/mol. The number of alkyl halides is 3. The zero-order chi connectivity index (χ0) is 35.6. The van der Waals surface area contributed by atoms with Crippen LogP contribution in [0, 0.1) is 5.41 Å². The molecule has 11 nitrogen and oxygen atoms in total. The van der Waals surface area contributed by atoms with Crippen molar-refractivity contribution in [2.45, 2.75) is 90.1 Å². The molecule has 1 fully saturated rings. The molecule has 262 valence electrons. The molecule has 2 N–H and O–H groups in total. The number of hydrogen-bond acceptors (Lipinski definition) is 9. The van der Waals surface area contributed by atoms with E-state index < -0.39 is 52.6 Å². The highest BCUT2D eigenvalue weighted by Gasteiger charge is 2.45. The largest absolute Gasteiger partial charge is 0.462 e. The molecule has 1 amide bonds. The number of Topliss-reactive ketones (excluding diaryl/α,β-unsaturated/α-hetero) is 1. The number of amides is 1. The van der Waals surface area contributed by atoms with E-state index in [2.05, 4.69) is 11.7 Å². The van der Waals surface area contributed by atoms with E-state index in [-0.39, 0.29) is 48.4 Å². The summed E-state index contributed by atoms with van der Waals surface area (Å²) in [5.74, 6) is -2.29. The summed E-state index contributed by atoms with van der Waals surface area (Å²) in [7, 11) is 3.61. The third-order valence-corrected chi connectivity index (χ3v) is 8.62. The van der Waals surface area contributed by atoms with Crippen molar-refractivity contribution in [3.8, 4) is 5.69 Å². The van der Waals surface area contributed by atoms with E-state index in [1.54, 1.807) is 12.1 Å². The Morgan fingerprint density at radius 1 is 1.17 bits per heavy atom. The first-order valence-corrected chi connectivity index (χ1v) is 16.0. The lowest BCUT2D eigenvalue weighted by Gasteiger charge is -2.38. The van der Waals surface area contributed by atoms with E-state index in [4.69, 9.17) is 15.2 Å². The minimum absolute atomic E-state index is 0.0331. The number of ketones is 1. The minimum atomic E-state index is -4.84. The molecule has 0 aliphatic heterocycles. The Bertz CT molecular complexity index is 1560. The first kappa shape index (κ1) is 36.6. The Balaban J connectivity index is 1.60. The predicted octanol–water partition coefficient (Wildman–Crippen LogP) is 4.88. The Labute approximate surface area is 278 Å². The number of benzene rings is 1. The average Bonchev–Trinajstić information content (AvgIpc) is 3.35. The first-order valence-electron chi connectivity index (χ1n) is 16.0. The summed E-state index contributed by atoms with van der Waals surface area (Å²) < 4.78 is 54.5. The maximum atomic E-state index is 14.1. The Kier molecular flexibility index (Phi) is 11.1. The van der Waals surface area contributed by atoms with Crippen LogP contribution in [0.15, 0.2) is 30.9 Å². The van der Waals surface area contributed by atoms with Gasteiger partial charge in [0.2, 0.25) is 0 Å². The Hall–Kier alpha value is -4.20. The maximum Gasteiger partial charge on any atom is 0.435 e. The number of esters is 2. The number of carbonyl (C=O) groups excluding carboxylic acids is 4. The van der Waals surface area contributed by atoms with Gasteiger partial charge in [-0.05, 0) is 69.8 Å². The molecule has 48 heavy (non-hydrogen) atoms. The van der Waals surface area contributed by atoms with E-state index in [1.807, 2.05) is 37.7 Å². The van der Waals surface area contributed by atoms with Gasteiger partial charge < -0.3 is 25.0 Å². The van der Waals surface area contributed by atoms with E-state index in [0.717, 1.165) is 4.68 Å². The van der Waals surface area contributed by atoms with Gasteiger partial charge in [-0.15, -0.1) is 6.58 Å². The summed E-state index contributed by atoms with van der Waals surface area (Å²) in [6, 6.07) is 4.37. The van der Waals surface area contributed by atoms with Crippen molar-refractivity contribution in [1.29, 1.82) is 0 Å². The highest BCUT2D eigenvalue weighted by Crippen LogP contribution is 2.42. The summed E-state index contributed by atoms with van der Waals surface area (Å²) in [6.07, 6.45) is -1.94. The van der Waals surface area contributed by atoms with Crippen LogP contribution in [0.4, 0.5) is 18.9 Å². The van der Waals surface area contributed by atoms with Crippen molar-refractivity contribution in [3.63, 3.8) is 0 Å². The summed E-state index contributed by atoms with van der Waals surface area (Å²) in [5, 5.41) is 3.91. The number of likely N-dealkylation sites (N-methyl/N-ethyl adjacent to an activating group) is 1. The lowest BCUT2D eigenvalue weighted by Crippen LogP contribution is -2.41. The van der Waals surface area contributed by atoms with Gasteiger partial charge in [0.05, 0.1) is 34.6 Å². The molecule has 0 saturated heterocycles. The van der Waals surface area contributed by atoms with Crippen molar-refractivity contribution in [2.75, 3.05) is 32.1 Å². The standard InChI is InChI=1S/C34H44F3N5O6/c1-7-14-41(21-8-11-23(12-9-21)48-29(45)16-24(19-40(5)6)47-20(2)43)26-15-22(10-13-25(26)32(38)46)42-27-17-33(3,4)18-28(44)30(27)31(39-42)34(35,36)37/h7,10,13,15,21,23-24H,1,8-9,11-12,14,16-19H2,2-6H3,(H2,38,46)/t21-,23-,24?. The summed E-state index contributed by atoms with van der Waals surface area (Å²) in [6.45, 7) is 9.45. The molecule has 1 aromatic carbocycles. The zero-order valence-corrected chi connectivity index (χ0v) is 28.1. The second kappa shape index (κ2) is 14.5. The molecule has 0 spiro atoms. The van der Waals surface area contributed by atoms with Gasteiger partial charge in [-0.1, -0.05) is 19.9 Å². The van der Waals surface area contributed by atoms with Crippen LogP contribution in [-0.2, 0) is 31.7 Å². The quantitative estimate of drug-likeness (QED) is 0.247. The second-order valence-corrected chi connectivity index (χ2v) is 13.6. The number of hydrogen-bond donors (Lipinski definition) is 1. The number of halogens is 3. The molecule has 4 rings (SSSR count). The number of ether oxygens (including phenoxy) is 2. The highest BCUT2D eigenvalue weighted by molar-refractivity contribution is 6.01. The lowest BCUT2D eigenvalue weighted by molar-refractivity contribution is -0.158. The van der Waals surface area contributed by atoms with Gasteiger partial charge in [-0.3, -0.25) is 19.2 Å². The van der Waals surface area contributed by atoms with Crippen LogP contribution < -0.4 is 10.6 Å². The van der Waals surface area contributed by atoms with Crippen molar-refractivity contribution in [2.24, 2.45) is 11.1 Å². The normalized spacial score (nSPS) is 19.7. The van der Waals surface area contributed by atoms with E-state index in [0.29, 0.717) is 44.5 Å². The minimum Gasteiger partial charge on any atom is -0.462 e. The predicted molar refractivity (Wildman–Crippen MR) is 172 cm³/mol. The Morgan fingerprint density at radius 3 is 2.40 bits per heavy atom. The SMILES string of the molecule is C=CCN(c1cc(-n2nc(C(F)(F)F)c3c2CC(C)(C)CC3=O)ccc1C(N)=O)[C@H]1CC[C@H](OC(=O)CC(CN(C)C)OC(C)=O)CC1. The van der Waals surface area contributed by atoms with Crippen molar-refractivity contribution in [1.82, 2.24) is 14.7 Å². The first-order chi connectivity index (χ1) is 22.4. The number of aromatic nitrogens is 2. The van der Waals surface area contributed by atoms with Gasteiger partial charge in [-0.25, -0.2) is 4.68 Å². The molecule has 14 heteroatoms. The zero-order valence-electron chi connectivity index (χ0n) is 28.1. The topological polar surface area (TPSA) is 137 Å². The van der Waals surface area contributed by atoms with Gasteiger partial charge in [0.25, 0.3) is 5.91 Å². The molecule has 1 aromatic heterocycles. The van der Waals surface area contributed by atoms with Crippen LogP contribution in [0.3, 0.4) is 0 Å². The monoisotopic (exact) mass is 675 g/mol. The highest BCUT2D eigenvalue weighted by atomic mass is 19.4. The number of rotatable bonds is 12. The van der Waals surface area contributed by atoms with Gasteiger partial charge in [-0.2, -0.15) is 18.3 Å². The summed E-state index contributed by atoms with van der Waals surface area (Å²) in [5.41, 5.74) is 4.53. The number of nitrogens with two attached hydrogens (primary N) is 1. The van der Waals surface area contributed by atoms with Gasteiger partial charge in [0.1, 0.15) is 12.2 Å². The fourth-order valence-electron chi connectivity index (χ4n) is 6.72. The number of carbonyl (C=O) groups is 4. The maximum absolute atomic E-state index is 14.1. The van der Waals surface area contributed by atoms with Crippen LogP contribution in [-0.4, -0.2) is 83.7 Å². The second-order valence-electron chi connectivity index (χ2n) is 13.6. The van der Waals surface area contributed by atoms with Gasteiger partial charge in [0.15, 0.2) is 11.5 Å². The fourth-order valence-corrected chi connectivity index (χ4v) is 6.72. The lowest BCUT2D eigenvalue weighted by atomic mass is 9.75. The van der Waals surface area contributed by atoms with Crippen LogP contribution in [0.2, 0.25) is 0 Å². The Morgan fingerprint density at radius 2 is 1.83 bits per heavy atom. The van der Waals surface area contributed by atoms with Gasteiger partial charge >= 0.3 is 18.1 Å².